The number of methoxy groups -OCH3 is 1. The van der Waals surface area contributed by atoms with Gasteiger partial charge in [0.1, 0.15) is 11.3 Å². The van der Waals surface area contributed by atoms with E-state index in [1.165, 1.54) is 37.4 Å². The molecular formula is C17H14F3NO6. The zero-order valence-corrected chi connectivity index (χ0v) is 13.9. The smallest absolute Gasteiger partial charge is 0.504 e. The van der Waals surface area contributed by atoms with Crippen LogP contribution in [-0.4, -0.2) is 37.1 Å². The molecule has 0 aromatic heterocycles. The molecule has 0 aliphatic rings. The largest absolute Gasteiger partial charge is 0.573 e. The number of hydrogen-bond donors (Lipinski definition) is 2. The Balaban J connectivity index is 1.90. The van der Waals surface area contributed by atoms with Crippen LogP contribution in [0.1, 0.15) is 10.4 Å². The third-order valence-electron chi connectivity index (χ3n) is 3.14. The maximum absolute atomic E-state index is 12.1. The lowest BCUT2D eigenvalue weighted by atomic mass is 10.2. The van der Waals surface area contributed by atoms with E-state index in [9.17, 15) is 27.9 Å². The molecule has 0 aliphatic carbocycles. The molecule has 0 spiro atoms. The summed E-state index contributed by atoms with van der Waals surface area (Å²) in [6.07, 6.45) is -4.81. The predicted molar refractivity (Wildman–Crippen MR) is 86.7 cm³/mol. The quantitative estimate of drug-likeness (QED) is 0.743. The van der Waals surface area contributed by atoms with Gasteiger partial charge < -0.3 is 24.6 Å². The fourth-order valence-electron chi connectivity index (χ4n) is 2.00. The van der Waals surface area contributed by atoms with Crippen LogP contribution < -0.4 is 14.8 Å². The summed E-state index contributed by atoms with van der Waals surface area (Å²) in [6, 6.07) is 8.60. The van der Waals surface area contributed by atoms with Crippen molar-refractivity contribution in [2.24, 2.45) is 0 Å². The van der Waals surface area contributed by atoms with Gasteiger partial charge in [-0.2, -0.15) is 0 Å². The summed E-state index contributed by atoms with van der Waals surface area (Å²) in [7, 11) is 1.31. The Morgan fingerprint density at radius 3 is 2.37 bits per heavy atom. The average molecular weight is 385 g/mol. The number of nitrogens with one attached hydrogen (secondary N) is 1. The van der Waals surface area contributed by atoms with E-state index in [1.54, 1.807) is 0 Å². The van der Waals surface area contributed by atoms with E-state index in [4.69, 9.17) is 9.47 Å². The van der Waals surface area contributed by atoms with Crippen molar-refractivity contribution in [3.63, 3.8) is 0 Å². The Kier molecular flexibility index (Phi) is 6.11. The molecule has 0 radical (unpaired) electrons. The first-order chi connectivity index (χ1) is 12.7. The lowest BCUT2D eigenvalue weighted by Crippen LogP contribution is -2.21. The number of rotatable bonds is 6. The minimum atomic E-state index is -4.81. The molecule has 2 N–H and O–H groups in total. The highest BCUT2D eigenvalue weighted by atomic mass is 19.4. The third kappa shape index (κ3) is 5.80. The van der Waals surface area contributed by atoms with Crippen LogP contribution in [0.4, 0.5) is 18.9 Å². The van der Waals surface area contributed by atoms with Crippen LogP contribution in [0.3, 0.4) is 0 Å². The summed E-state index contributed by atoms with van der Waals surface area (Å²) in [5.74, 6) is -2.48. The Labute approximate surface area is 151 Å². The van der Waals surface area contributed by atoms with E-state index < -0.39 is 36.3 Å². The lowest BCUT2D eigenvalue weighted by Gasteiger charge is -2.11. The third-order valence-corrected chi connectivity index (χ3v) is 3.14. The highest BCUT2D eigenvalue weighted by molar-refractivity contribution is 5.97. The van der Waals surface area contributed by atoms with Crippen LogP contribution in [-0.2, 0) is 9.53 Å². The van der Waals surface area contributed by atoms with E-state index in [0.717, 1.165) is 12.1 Å². The van der Waals surface area contributed by atoms with Crippen molar-refractivity contribution < 1.29 is 42.1 Å². The molecule has 0 unspecified atom stereocenters. The maximum atomic E-state index is 12.1. The fraction of sp³-hybridized carbons (Fsp3) is 0.176. The van der Waals surface area contributed by atoms with E-state index in [0.29, 0.717) is 0 Å². The minimum Gasteiger partial charge on any atom is -0.504 e. The van der Waals surface area contributed by atoms with Crippen LogP contribution in [0.25, 0.3) is 0 Å². The Morgan fingerprint density at radius 2 is 1.78 bits per heavy atom. The normalized spacial score (nSPS) is 10.8. The lowest BCUT2D eigenvalue weighted by molar-refractivity contribution is -0.274. The number of esters is 1. The zero-order valence-electron chi connectivity index (χ0n) is 13.9. The molecule has 2 rings (SSSR count). The molecule has 0 atom stereocenters. The van der Waals surface area contributed by atoms with Gasteiger partial charge in [0.2, 0.25) is 0 Å². The van der Waals surface area contributed by atoms with Crippen molar-refractivity contribution in [2.45, 2.75) is 6.36 Å². The van der Waals surface area contributed by atoms with E-state index in [2.05, 4.69) is 10.1 Å². The van der Waals surface area contributed by atoms with Crippen molar-refractivity contribution in [3.8, 4) is 17.2 Å². The number of phenols is 1. The number of para-hydroxylation sites is 1. The topological polar surface area (TPSA) is 94.1 Å². The number of benzene rings is 2. The number of halogens is 3. The molecular weight excluding hydrogens is 371 g/mol. The summed E-state index contributed by atoms with van der Waals surface area (Å²) in [5, 5.41) is 12.2. The van der Waals surface area contributed by atoms with Crippen molar-refractivity contribution in [1.29, 1.82) is 0 Å². The maximum Gasteiger partial charge on any atom is 0.573 e. The Bertz CT molecular complexity index is 820. The average Bonchev–Trinajstić information content (AvgIpc) is 2.60. The number of anilines is 1. The van der Waals surface area contributed by atoms with E-state index in [1.807, 2.05) is 0 Å². The van der Waals surface area contributed by atoms with Gasteiger partial charge in [-0.1, -0.05) is 6.07 Å². The van der Waals surface area contributed by atoms with Crippen LogP contribution in [0.2, 0.25) is 0 Å². The molecule has 0 heterocycles. The highest BCUT2D eigenvalue weighted by Crippen LogP contribution is 2.29. The first-order valence-corrected chi connectivity index (χ1v) is 7.38. The van der Waals surface area contributed by atoms with Gasteiger partial charge in [0, 0.05) is 5.69 Å². The monoisotopic (exact) mass is 385 g/mol. The van der Waals surface area contributed by atoms with Crippen LogP contribution in [0, 0.1) is 0 Å². The Morgan fingerprint density at radius 1 is 1.11 bits per heavy atom. The fourth-order valence-corrected chi connectivity index (χ4v) is 2.00. The predicted octanol–water partition coefficient (Wildman–Crippen LogP) is 3.09. The molecule has 27 heavy (non-hydrogen) atoms. The molecule has 1 amide bonds. The summed E-state index contributed by atoms with van der Waals surface area (Å²) >= 11 is 0. The standard InChI is InChI=1S/C17H14F3NO6/c1-25-13-4-2-3-12(15(13)23)16(24)26-9-14(22)21-10-5-7-11(8-6-10)27-17(18,19)20/h2-8,23H,9H2,1H3,(H,21,22). The van der Waals surface area contributed by atoms with Crippen molar-refractivity contribution in [1.82, 2.24) is 0 Å². The van der Waals surface area contributed by atoms with Gasteiger partial charge in [-0.15, -0.1) is 13.2 Å². The summed E-state index contributed by atoms with van der Waals surface area (Å²) < 4.78 is 49.6. The number of carbonyl (C=O) groups is 2. The van der Waals surface area contributed by atoms with Crippen LogP contribution >= 0.6 is 0 Å². The zero-order chi connectivity index (χ0) is 20.0. The van der Waals surface area contributed by atoms with E-state index in [-0.39, 0.29) is 17.0 Å². The molecule has 10 heteroatoms. The van der Waals surface area contributed by atoms with Crippen molar-refractivity contribution in [2.75, 3.05) is 19.0 Å². The molecule has 0 bridgehead atoms. The van der Waals surface area contributed by atoms with Gasteiger partial charge >= 0.3 is 12.3 Å². The van der Waals surface area contributed by atoms with Gasteiger partial charge in [0.25, 0.3) is 5.91 Å². The number of hydrogen-bond acceptors (Lipinski definition) is 6. The van der Waals surface area contributed by atoms with Crippen molar-refractivity contribution in [3.05, 3.63) is 48.0 Å². The molecule has 7 nitrogen and oxygen atoms in total. The molecule has 2 aromatic carbocycles. The first kappa shape index (κ1) is 19.9. The summed E-state index contributed by atoms with van der Waals surface area (Å²) in [6.45, 7) is -0.670. The molecule has 0 saturated carbocycles. The molecule has 2 aromatic rings. The summed E-state index contributed by atoms with van der Waals surface area (Å²) in [5.41, 5.74) is -0.00870. The molecule has 0 fully saturated rings. The van der Waals surface area contributed by atoms with Gasteiger partial charge in [0.05, 0.1) is 7.11 Å². The number of aromatic hydroxyl groups is 1. The van der Waals surface area contributed by atoms with Crippen LogP contribution in [0.5, 0.6) is 17.2 Å². The number of ether oxygens (including phenoxy) is 3. The number of phenolic OH excluding ortho intramolecular Hbond substituents is 1. The Hall–Kier alpha value is -3.43. The van der Waals surface area contributed by atoms with Gasteiger partial charge in [-0.05, 0) is 36.4 Å². The summed E-state index contributed by atoms with van der Waals surface area (Å²) in [4.78, 5) is 23.7. The SMILES string of the molecule is COc1cccc(C(=O)OCC(=O)Nc2ccc(OC(F)(F)F)cc2)c1O. The number of amides is 1. The molecule has 0 aliphatic heterocycles. The number of carbonyl (C=O) groups excluding carboxylic acids is 2. The van der Waals surface area contributed by atoms with Gasteiger partial charge in [0.15, 0.2) is 18.1 Å². The minimum absolute atomic E-state index is 0.0649. The second kappa shape index (κ2) is 8.30. The van der Waals surface area contributed by atoms with E-state index >= 15 is 0 Å². The second-order valence-electron chi connectivity index (χ2n) is 5.05. The number of alkyl halides is 3. The molecule has 0 saturated heterocycles. The van der Waals surface area contributed by atoms with Crippen molar-refractivity contribution >= 4 is 17.6 Å². The highest BCUT2D eigenvalue weighted by Gasteiger charge is 2.31. The van der Waals surface area contributed by atoms with Gasteiger partial charge in [-0.25, -0.2) is 4.79 Å². The molecule has 144 valence electrons. The van der Waals surface area contributed by atoms with Crippen LogP contribution in [0.15, 0.2) is 42.5 Å². The second-order valence-corrected chi connectivity index (χ2v) is 5.05. The first-order valence-electron chi connectivity index (χ1n) is 7.38. The van der Waals surface area contributed by atoms with Gasteiger partial charge in [-0.3, -0.25) is 4.79 Å².